The molecule has 0 aliphatic carbocycles. The van der Waals surface area contributed by atoms with Crippen LogP contribution in [-0.4, -0.2) is 49.2 Å². The van der Waals surface area contributed by atoms with Gasteiger partial charge in [0.05, 0.1) is 7.11 Å². The zero-order chi connectivity index (χ0) is 11.3. The van der Waals surface area contributed by atoms with Crippen LogP contribution in [0.4, 0.5) is 0 Å². The molecule has 0 aromatic carbocycles. The van der Waals surface area contributed by atoms with Crippen LogP contribution in [0.15, 0.2) is 6.33 Å². The van der Waals surface area contributed by atoms with Crippen molar-refractivity contribution in [2.75, 3.05) is 34.4 Å². The van der Waals surface area contributed by atoms with Crippen LogP contribution < -0.4 is 9.47 Å². The number of ether oxygens (including phenoxy) is 2. The summed E-state index contributed by atoms with van der Waals surface area (Å²) in [6, 6.07) is 0. The number of hydrogen-bond donors (Lipinski definition) is 0. The molecule has 1 aromatic heterocycles. The molecule has 0 radical (unpaired) electrons. The number of halogens is 1. The summed E-state index contributed by atoms with van der Waals surface area (Å²) in [5.74, 6) is 0.747. The van der Waals surface area contributed by atoms with Crippen LogP contribution in [-0.2, 0) is 0 Å². The maximum atomic E-state index is 5.80. The molecule has 6 heteroatoms. The summed E-state index contributed by atoms with van der Waals surface area (Å²) in [5, 5.41) is 0.257. The molecule has 0 atom stereocenters. The summed E-state index contributed by atoms with van der Waals surface area (Å²) >= 11 is 5.80. The number of hydrogen-bond acceptors (Lipinski definition) is 5. The third-order valence-corrected chi connectivity index (χ3v) is 1.98. The minimum Gasteiger partial charge on any atom is -0.489 e. The van der Waals surface area contributed by atoms with E-state index in [1.54, 1.807) is 0 Å². The SMILES string of the molecule is COc1c(Cl)ncnc1OCCN(C)C. The Kier molecular flexibility index (Phi) is 4.58. The Balaban J connectivity index is 2.64. The van der Waals surface area contributed by atoms with Crippen LogP contribution in [0.25, 0.3) is 0 Å². The van der Waals surface area contributed by atoms with E-state index in [1.807, 2.05) is 19.0 Å². The van der Waals surface area contributed by atoms with E-state index in [1.165, 1.54) is 13.4 Å². The lowest BCUT2D eigenvalue weighted by molar-refractivity contribution is 0.242. The number of nitrogens with zero attached hydrogens (tertiary/aromatic N) is 3. The number of aromatic nitrogens is 2. The van der Waals surface area contributed by atoms with Gasteiger partial charge in [-0.1, -0.05) is 11.6 Å². The molecule has 1 heterocycles. The lowest BCUT2D eigenvalue weighted by Gasteiger charge is -2.12. The maximum absolute atomic E-state index is 5.80. The highest BCUT2D eigenvalue weighted by molar-refractivity contribution is 6.31. The van der Waals surface area contributed by atoms with Crippen LogP contribution in [0.5, 0.6) is 11.6 Å². The first-order valence-electron chi connectivity index (χ1n) is 4.47. The van der Waals surface area contributed by atoms with E-state index in [0.717, 1.165) is 6.54 Å². The Labute approximate surface area is 94.0 Å². The van der Waals surface area contributed by atoms with Crippen molar-refractivity contribution in [3.63, 3.8) is 0 Å². The van der Waals surface area contributed by atoms with Crippen molar-refractivity contribution >= 4 is 11.6 Å². The van der Waals surface area contributed by atoms with Crippen molar-refractivity contribution in [2.24, 2.45) is 0 Å². The van der Waals surface area contributed by atoms with Gasteiger partial charge < -0.3 is 14.4 Å². The first-order valence-corrected chi connectivity index (χ1v) is 4.85. The molecule has 1 rings (SSSR count). The summed E-state index contributed by atoms with van der Waals surface area (Å²) in [4.78, 5) is 9.75. The highest BCUT2D eigenvalue weighted by Gasteiger charge is 2.11. The van der Waals surface area contributed by atoms with Crippen LogP contribution in [0.3, 0.4) is 0 Å². The van der Waals surface area contributed by atoms with Gasteiger partial charge in [0, 0.05) is 6.54 Å². The molecule has 0 unspecified atom stereocenters. The van der Waals surface area contributed by atoms with Crippen LogP contribution in [0.1, 0.15) is 0 Å². The molecule has 0 spiro atoms. The van der Waals surface area contributed by atoms with E-state index >= 15 is 0 Å². The molecule has 15 heavy (non-hydrogen) atoms. The fraction of sp³-hybridized carbons (Fsp3) is 0.556. The predicted molar refractivity (Wildman–Crippen MR) is 57.6 cm³/mol. The quantitative estimate of drug-likeness (QED) is 0.710. The Morgan fingerprint density at radius 3 is 2.73 bits per heavy atom. The van der Waals surface area contributed by atoms with Crippen molar-refractivity contribution < 1.29 is 9.47 Å². The van der Waals surface area contributed by atoms with Gasteiger partial charge in [-0.3, -0.25) is 0 Å². The third-order valence-electron chi connectivity index (χ3n) is 1.71. The van der Waals surface area contributed by atoms with Gasteiger partial charge in [-0.2, -0.15) is 4.98 Å². The zero-order valence-electron chi connectivity index (χ0n) is 9.03. The first-order chi connectivity index (χ1) is 7.15. The van der Waals surface area contributed by atoms with Crippen LogP contribution >= 0.6 is 11.6 Å². The lowest BCUT2D eigenvalue weighted by Crippen LogP contribution is -2.19. The Hall–Kier alpha value is -1.07. The molecule has 0 aliphatic heterocycles. The number of methoxy groups -OCH3 is 1. The average molecular weight is 232 g/mol. The highest BCUT2D eigenvalue weighted by atomic mass is 35.5. The molecule has 0 bridgehead atoms. The molecular weight excluding hydrogens is 218 g/mol. The van der Waals surface area contributed by atoms with E-state index in [-0.39, 0.29) is 5.15 Å². The monoisotopic (exact) mass is 231 g/mol. The van der Waals surface area contributed by atoms with E-state index < -0.39 is 0 Å². The molecule has 0 saturated carbocycles. The summed E-state index contributed by atoms with van der Waals surface area (Å²) in [5.41, 5.74) is 0. The minimum absolute atomic E-state index is 0.257. The molecule has 0 fully saturated rings. The summed E-state index contributed by atoms with van der Waals surface area (Å²) in [6.07, 6.45) is 1.34. The highest BCUT2D eigenvalue weighted by Crippen LogP contribution is 2.30. The zero-order valence-corrected chi connectivity index (χ0v) is 9.78. The second kappa shape index (κ2) is 5.72. The van der Waals surface area contributed by atoms with Crippen molar-refractivity contribution in [1.29, 1.82) is 0 Å². The smallest absolute Gasteiger partial charge is 0.261 e. The molecule has 0 saturated heterocycles. The molecular formula is C9H14ClN3O2. The molecule has 1 aromatic rings. The number of rotatable bonds is 5. The van der Waals surface area contributed by atoms with Gasteiger partial charge in [0.2, 0.25) is 5.75 Å². The van der Waals surface area contributed by atoms with Gasteiger partial charge in [0.15, 0.2) is 5.15 Å². The maximum Gasteiger partial charge on any atom is 0.261 e. The Morgan fingerprint density at radius 1 is 1.40 bits per heavy atom. The normalized spacial score (nSPS) is 10.5. The fourth-order valence-corrected chi connectivity index (χ4v) is 1.14. The lowest BCUT2D eigenvalue weighted by atomic mass is 10.5. The molecule has 84 valence electrons. The fourth-order valence-electron chi connectivity index (χ4n) is 0.937. The van der Waals surface area contributed by atoms with Gasteiger partial charge >= 0.3 is 0 Å². The Bertz CT molecular complexity index is 320. The van der Waals surface area contributed by atoms with Crippen LogP contribution in [0.2, 0.25) is 5.15 Å². The number of likely N-dealkylation sites (N-methyl/N-ethyl adjacent to an activating group) is 1. The van der Waals surface area contributed by atoms with Gasteiger partial charge in [-0.25, -0.2) is 4.98 Å². The van der Waals surface area contributed by atoms with Gasteiger partial charge in [0.1, 0.15) is 12.9 Å². The van der Waals surface area contributed by atoms with Crippen molar-refractivity contribution in [3.8, 4) is 11.6 Å². The minimum atomic E-state index is 0.257. The molecule has 5 nitrogen and oxygen atoms in total. The standard InChI is InChI=1S/C9H14ClN3O2/c1-13(2)4-5-15-9-7(14-3)8(10)11-6-12-9/h6H,4-5H2,1-3H3. The molecule has 0 N–H and O–H groups in total. The average Bonchev–Trinajstić information content (AvgIpc) is 2.17. The van der Waals surface area contributed by atoms with Crippen molar-refractivity contribution in [3.05, 3.63) is 11.5 Å². The van der Waals surface area contributed by atoms with Gasteiger partial charge in [-0.15, -0.1) is 0 Å². The molecule has 0 amide bonds. The third kappa shape index (κ3) is 3.53. The second-order valence-electron chi connectivity index (χ2n) is 3.15. The first kappa shape index (κ1) is 12.0. The predicted octanol–water partition coefficient (Wildman–Crippen LogP) is 1.08. The van der Waals surface area contributed by atoms with Gasteiger partial charge in [0.25, 0.3) is 5.88 Å². The Morgan fingerprint density at radius 2 is 2.13 bits per heavy atom. The summed E-state index contributed by atoms with van der Waals surface area (Å²) in [7, 11) is 5.43. The topological polar surface area (TPSA) is 47.5 Å². The van der Waals surface area contributed by atoms with Gasteiger partial charge in [-0.05, 0) is 14.1 Å². The van der Waals surface area contributed by atoms with Crippen molar-refractivity contribution in [2.45, 2.75) is 0 Å². The second-order valence-corrected chi connectivity index (χ2v) is 3.51. The molecule has 0 aliphatic rings. The van der Waals surface area contributed by atoms with E-state index in [2.05, 4.69) is 9.97 Å². The summed E-state index contributed by atoms with van der Waals surface area (Å²) in [6.45, 7) is 1.32. The van der Waals surface area contributed by atoms with E-state index in [9.17, 15) is 0 Å². The van der Waals surface area contributed by atoms with Crippen LogP contribution in [0, 0.1) is 0 Å². The van der Waals surface area contributed by atoms with E-state index in [0.29, 0.717) is 18.2 Å². The largest absolute Gasteiger partial charge is 0.489 e. The summed E-state index contributed by atoms with van der Waals surface area (Å²) < 4.78 is 10.5. The van der Waals surface area contributed by atoms with E-state index in [4.69, 9.17) is 21.1 Å². The van der Waals surface area contributed by atoms with Crippen molar-refractivity contribution in [1.82, 2.24) is 14.9 Å².